The van der Waals surface area contributed by atoms with Gasteiger partial charge < -0.3 is 5.32 Å². The van der Waals surface area contributed by atoms with E-state index in [1.807, 2.05) is 12.4 Å². The lowest BCUT2D eigenvalue weighted by molar-refractivity contribution is 0.601. The smallest absolute Gasteiger partial charge is 0.0900 e. The Balaban J connectivity index is 2.38. The van der Waals surface area contributed by atoms with Gasteiger partial charge in [0.2, 0.25) is 0 Å². The van der Waals surface area contributed by atoms with Crippen molar-refractivity contribution in [2.75, 3.05) is 6.54 Å². The number of hydrogen-bond donors (Lipinski definition) is 1. The molecule has 0 spiro atoms. The van der Waals surface area contributed by atoms with E-state index in [1.54, 1.807) is 11.3 Å². The third kappa shape index (κ3) is 3.39. The van der Waals surface area contributed by atoms with Crippen LogP contribution in [-0.4, -0.2) is 16.5 Å². The highest BCUT2D eigenvalue weighted by molar-refractivity contribution is 7.11. The molecule has 0 aliphatic rings. The van der Waals surface area contributed by atoms with Gasteiger partial charge in [0.1, 0.15) is 0 Å². The first-order valence-electron chi connectivity index (χ1n) is 6.70. The first-order valence-corrected chi connectivity index (χ1v) is 7.52. The van der Waals surface area contributed by atoms with Gasteiger partial charge in [0.05, 0.1) is 16.7 Å². The first-order chi connectivity index (χ1) is 9.11. The molecule has 2 aromatic rings. The molecule has 0 saturated carbocycles. The van der Waals surface area contributed by atoms with Gasteiger partial charge in [-0.15, -0.1) is 11.3 Å². The van der Waals surface area contributed by atoms with Crippen LogP contribution in [0.3, 0.4) is 0 Å². The van der Waals surface area contributed by atoms with Crippen molar-refractivity contribution < 1.29 is 0 Å². The molecular formula is C15H21N3S. The molecule has 0 fully saturated rings. The van der Waals surface area contributed by atoms with Crippen LogP contribution in [-0.2, 0) is 0 Å². The number of aromatic nitrogens is 2. The SMILES string of the molecule is CCCNC(c1cncc(C)c1)c1sc(C)nc1C. The van der Waals surface area contributed by atoms with Crippen molar-refractivity contribution in [2.45, 2.75) is 40.2 Å². The van der Waals surface area contributed by atoms with Crippen LogP contribution in [0.5, 0.6) is 0 Å². The number of nitrogens with zero attached hydrogens (tertiary/aromatic N) is 2. The van der Waals surface area contributed by atoms with Gasteiger partial charge in [-0.3, -0.25) is 4.98 Å². The van der Waals surface area contributed by atoms with E-state index >= 15 is 0 Å². The van der Waals surface area contributed by atoms with E-state index in [0.717, 1.165) is 23.7 Å². The summed E-state index contributed by atoms with van der Waals surface area (Å²) in [4.78, 5) is 10.2. The lowest BCUT2D eigenvalue weighted by atomic mass is 10.0. The highest BCUT2D eigenvalue weighted by Crippen LogP contribution is 2.29. The van der Waals surface area contributed by atoms with E-state index in [4.69, 9.17) is 0 Å². The second-order valence-electron chi connectivity index (χ2n) is 4.87. The average Bonchev–Trinajstić information content (AvgIpc) is 2.69. The van der Waals surface area contributed by atoms with Crippen LogP contribution in [0.2, 0.25) is 0 Å². The maximum absolute atomic E-state index is 4.55. The van der Waals surface area contributed by atoms with Crippen molar-refractivity contribution >= 4 is 11.3 Å². The monoisotopic (exact) mass is 275 g/mol. The van der Waals surface area contributed by atoms with Gasteiger partial charge >= 0.3 is 0 Å². The lowest BCUT2D eigenvalue weighted by Crippen LogP contribution is -2.23. The van der Waals surface area contributed by atoms with Gasteiger partial charge in [0.15, 0.2) is 0 Å². The van der Waals surface area contributed by atoms with E-state index < -0.39 is 0 Å². The Morgan fingerprint density at radius 1 is 1.26 bits per heavy atom. The maximum Gasteiger partial charge on any atom is 0.0900 e. The summed E-state index contributed by atoms with van der Waals surface area (Å²) in [7, 11) is 0. The fourth-order valence-corrected chi connectivity index (χ4v) is 3.23. The zero-order valence-electron chi connectivity index (χ0n) is 12.0. The zero-order valence-corrected chi connectivity index (χ0v) is 12.8. The third-order valence-corrected chi connectivity index (χ3v) is 4.17. The summed E-state index contributed by atoms with van der Waals surface area (Å²) < 4.78 is 0. The summed E-state index contributed by atoms with van der Waals surface area (Å²) in [6, 6.07) is 2.41. The molecule has 2 rings (SSSR count). The molecule has 1 atom stereocenters. The fraction of sp³-hybridized carbons (Fsp3) is 0.467. The van der Waals surface area contributed by atoms with E-state index in [0.29, 0.717) is 0 Å². The van der Waals surface area contributed by atoms with Crippen LogP contribution >= 0.6 is 11.3 Å². The lowest BCUT2D eigenvalue weighted by Gasteiger charge is -2.18. The van der Waals surface area contributed by atoms with Crippen molar-refractivity contribution in [3.63, 3.8) is 0 Å². The molecule has 2 aromatic heterocycles. The van der Waals surface area contributed by atoms with Crippen LogP contribution in [0.4, 0.5) is 0 Å². The van der Waals surface area contributed by atoms with Crippen LogP contribution in [0.1, 0.15) is 46.1 Å². The van der Waals surface area contributed by atoms with E-state index in [2.05, 4.69) is 49.0 Å². The number of thiazole rings is 1. The van der Waals surface area contributed by atoms with Crippen molar-refractivity contribution in [3.8, 4) is 0 Å². The number of hydrogen-bond acceptors (Lipinski definition) is 4. The van der Waals surface area contributed by atoms with E-state index in [-0.39, 0.29) is 6.04 Å². The largest absolute Gasteiger partial charge is 0.305 e. The van der Waals surface area contributed by atoms with Crippen LogP contribution in [0.15, 0.2) is 18.5 Å². The molecule has 19 heavy (non-hydrogen) atoms. The average molecular weight is 275 g/mol. The predicted molar refractivity (Wildman–Crippen MR) is 80.7 cm³/mol. The number of pyridine rings is 1. The molecule has 3 nitrogen and oxygen atoms in total. The molecule has 0 radical (unpaired) electrons. The highest BCUT2D eigenvalue weighted by Gasteiger charge is 2.19. The Hall–Kier alpha value is -1.26. The van der Waals surface area contributed by atoms with Crippen molar-refractivity contribution in [3.05, 3.63) is 45.2 Å². The minimum absolute atomic E-state index is 0.207. The molecule has 0 bridgehead atoms. The van der Waals surface area contributed by atoms with Crippen LogP contribution in [0.25, 0.3) is 0 Å². The third-order valence-electron chi connectivity index (χ3n) is 3.03. The molecule has 4 heteroatoms. The fourth-order valence-electron chi connectivity index (χ4n) is 2.20. The first kappa shape index (κ1) is 14.2. The molecule has 0 saturated heterocycles. The molecular weight excluding hydrogens is 254 g/mol. The predicted octanol–water partition coefficient (Wildman–Crippen LogP) is 3.55. The van der Waals surface area contributed by atoms with Gasteiger partial charge in [0.25, 0.3) is 0 Å². The summed E-state index contributed by atoms with van der Waals surface area (Å²) in [6.07, 6.45) is 4.96. The van der Waals surface area contributed by atoms with E-state index in [1.165, 1.54) is 16.0 Å². The standard InChI is InChI=1S/C15H21N3S/c1-5-6-17-14(13-7-10(2)8-16-9-13)15-11(3)18-12(4)19-15/h7-9,14,17H,5-6H2,1-4H3. The van der Waals surface area contributed by atoms with Gasteiger partial charge in [-0.2, -0.15) is 0 Å². The molecule has 0 aliphatic carbocycles. The summed E-state index contributed by atoms with van der Waals surface area (Å²) in [5, 5.41) is 4.74. The molecule has 2 heterocycles. The summed E-state index contributed by atoms with van der Waals surface area (Å²) in [5.41, 5.74) is 3.54. The summed E-state index contributed by atoms with van der Waals surface area (Å²) in [6.45, 7) is 9.41. The van der Waals surface area contributed by atoms with Crippen molar-refractivity contribution in [1.29, 1.82) is 0 Å². The Bertz CT molecular complexity index is 548. The van der Waals surface area contributed by atoms with Gasteiger partial charge in [0, 0.05) is 17.3 Å². The summed E-state index contributed by atoms with van der Waals surface area (Å²) in [5.74, 6) is 0. The maximum atomic E-state index is 4.55. The Morgan fingerprint density at radius 2 is 2.05 bits per heavy atom. The molecule has 0 aliphatic heterocycles. The minimum Gasteiger partial charge on any atom is -0.305 e. The Morgan fingerprint density at radius 3 is 2.63 bits per heavy atom. The van der Waals surface area contributed by atoms with Crippen molar-refractivity contribution in [2.24, 2.45) is 0 Å². The zero-order chi connectivity index (χ0) is 13.8. The minimum atomic E-state index is 0.207. The van der Waals surface area contributed by atoms with E-state index in [9.17, 15) is 0 Å². The Labute approximate surface area is 119 Å². The quantitative estimate of drug-likeness (QED) is 0.906. The summed E-state index contributed by atoms with van der Waals surface area (Å²) >= 11 is 1.77. The molecule has 0 aromatic carbocycles. The van der Waals surface area contributed by atoms with Crippen molar-refractivity contribution in [1.82, 2.24) is 15.3 Å². The van der Waals surface area contributed by atoms with Crippen LogP contribution in [0, 0.1) is 20.8 Å². The molecule has 0 amide bonds. The number of aryl methyl sites for hydroxylation is 3. The second-order valence-corrected chi connectivity index (χ2v) is 6.10. The normalized spacial score (nSPS) is 12.6. The molecule has 1 unspecified atom stereocenters. The molecule has 1 N–H and O–H groups in total. The van der Waals surface area contributed by atoms with Gasteiger partial charge in [-0.25, -0.2) is 4.98 Å². The highest BCUT2D eigenvalue weighted by atomic mass is 32.1. The van der Waals surface area contributed by atoms with Gasteiger partial charge in [-0.05, 0) is 44.9 Å². The number of rotatable bonds is 5. The topological polar surface area (TPSA) is 37.8 Å². The van der Waals surface area contributed by atoms with Crippen LogP contribution < -0.4 is 5.32 Å². The van der Waals surface area contributed by atoms with Gasteiger partial charge in [-0.1, -0.05) is 13.0 Å². The second kappa shape index (κ2) is 6.26. The number of nitrogens with one attached hydrogen (secondary N) is 1. The molecule has 102 valence electrons. The Kier molecular flexibility index (Phi) is 4.66.